The molecular weight excluding hydrogens is 338 g/mol. The number of amides is 1. The number of nitrogens with one attached hydrogen (secondary N) is 1. The average molecular weight is 357 g/mol. The Hall–Kier alpha value is -2.20. The summed E-state index contributed by atoms with van der Waals surface area (Å²) in [7, 11) is -2.16. The van der Waals surface area contributed by atoms with Crippen LogP contribution < -0.4 is 10.1 Å². The number of hydrogen-bond donors (Lipinski definition) is 1. The van der Waals surface area contributed by atoms with Crippen molar-refractivity contribution in [2.24, 2.45) is 0 Å². The van der Waals surface area contributed by atoms with Crippen LogP contribution in [0.1, 0.15) is 19.3 Å². The number of nitrogens with zero attached hydrogens (tertiary/aromatic N) is 2. The minimum Gasteiger partial charge on any atom is -0.494 e. The lowest BCUT2D eigenvalue weighted by Crippen LogP contribution is -2.49. The Balaban J connectivity index is 2.23. The third-order valence-corrected chi connectivity index (χ3v) is 5.13. The number of ether oxygens (including phenoxy) is 1. The van der Waals surface area contributed by atoms with Crippen LogP contribution in [0.3, 0.4) is 0 Å². The summed E-state index contributed by atoms with van der Waals surface area (Å²) in [6, 6.07) is 3.01. The average Bonchev–Trinajstić information content (AvgIpc) is 2.54. The van der Waals surface area contributed by atoms with Crippen LogP contribution in [-0.2, 0) is 14.8 Å². The molecule has 24 heavy (non-hydrogen) atoms. The molecule has 1 aromatic rings. The van der Waals surface area contributed by atoms with Crippen LogP contribution in [0.4, 0.5) is 11.4 Å². The molecule has 1 heterocycles. The fourth-order valence-electron chi connectivity index (χ4n) is 2.68. The highest BCUT2D eigenvalue weighted by molar-refractivity contribution is 7.88. The van der Waals surface area contributed by atoms with Gasteiger partial charge in [0.2, 0.25) is 15.9 Å². The predicted octanol–water partition coefficient (Wildman–Crippen LogP) is 1.36. The molecule has 0 radical (unpaired) electrons. The van der Waals surface area contributed by atoms with Gasteiger partial charge in [0.25, 0.3) is 5.69 Å². The summed E-state index contributed by atoms with van der Waals surface area (Å²) in [4.78, 5) is 22.7. The van der Waals surface area contributed by atoms with Gasteiger partial charge in [-0.15, -0.1) is 0 Å². The van der Waals surface area contributed by atoms with Crippen molar-refractivity contribution in [2.75, 3.05) is 25.2 Å². The van der Waals surface area contributed by atoms with E-state index >= 15 is 0 Å². The van der Waals surface area contributed by atoms with E-state index in [1.54, 1.807) is 0 Å². The van der Waals surface area contributed by atoms with Crippen LogP contribution in [0, 0.1) is 10.1 Å². The molecule has 1 unspecified atom stereocenters. The zero-order valence-corrected chi connectivity index (χ0v) is 14.2. The van der Waals surface area contributed by atoms with Crippen molar-refractivity contribution in [2.45, 2.75) is 25.3 Å². The molecular formula is C14H19N3O6S. The first kappa shape index (κ1) is 18.1. The maximum absolute atomic E-state index is 12.5. The molecule has 0 bridgehead atoms. The second-order valence-corrected chi connectivity index (χ2v) is 7.45. The van der Waals surface area contributed by atoms with Crippen molar-refractivity contribution in [3.05, 3.63) is 28.3 Å². The molecule has 0 spiro atoms. The molecule has 1 aromatic carbocycles. The molecule has 132 valence electrons. The van der Waals surface area contributed by atoms with Crippen LogP contribution in [-0.4, -0.2) is 49.5 Å². The number of hydrogen-bond acceptors (Lipinski definition) is 6. The molecule has 1 aliphatic heterocycles. The van der Waals surface area contributed by atoms with Crippen LogP contribution in [0.15, 0.2) is 18.2 Å². The Labute approximate surface area is 139 Å². The zero-order chi connectivity index (χ0) is 17.9. The third-order valence-electron chi connectivity index (χ3n) is 3.84. The highest BCUT2D eigenvalue weighted by Crippen LogP contribution is 2.30. The van der Waals surface area contributed by atoms with E-state index in [0.29, 0.717) is 19.4 Å². The largest absolute Gasteiger partial charge is 0.494 e. The lowest BCUT2D eigenvalue weighted by Gasteiger charge is -2.32. The Morgan fingerprint density at radius 1 is 1.42 bits per heavy atom. The highest BCUT2D eigenvalue weighted by Gasteiger charge is 2.34. The molecule has 1 atom stereocenters. The first-order valence-electron chi connectivity index (χ1n) is 7.34. The molecule has 1 amide bonds. The van der Waals surface area contributed by atoms with E-state index in [0.717, 1.165) is 12.7 Å². The molecule has 2 rings (SSSR count). The lowest BCUT2D eigenvalue weighted by molar-refractivity contribution is -0.384. The summed E-state index contributed by atoms with van der Waals surface area (Å²) in [6.45, 7) is 0.300. The molecule has 1 aliphatic rings. The van der Waals surface area contributed by atoms with Crippen molar-refractivity contribution in [1.82, 2.24) is 4.31 Å². The van der Waals surface area contributed by atoms with Gasteiger partial charge in [-0.25, -0.2) is 8.42 Å². The lowest BCUT2D eigenvalue weighted by atomic mass is 10.0. The van der Waals surface area contributed by atoms with Gasteiger partial charge in [0, 0.05) is 12.6 Å². The predicted molar refractivity (Wildman–Crippen MR) is 87.5 cm³/mol. The summed E-state index contributed by atoms with van der Waals surface area (Å²) in [5.41, 5.74) is 0.0902. The quantitative estimate of drug-likeness (QED) is 0.628. The van der Waals surface area contributed by atoms with Gasteiger partial charge >= 0.3 is 0 Å². The molecule has 0 aliphatic carbocycles. The monoisotopic (exact) mass is 357 g/mol. The fourth-order valence-corrected chi connectivity index (χ4v) is 3.80. The van der Waals surface area contributed by atoms with E-state index in [-0.39, 0.29) is 17.1 Å². The van der Waals surface area contributed by atoms with Crippen molar-refractivity contribution in [1.29, 1.82) is 0 Å². The second-order valence-electron chi connectivity index (χ2n) is 5.52. The topological polar surface area (TPSA) is 119 Å². The summed E-state index contributed by atoms with van der Waals surface area (Å²) >= 11 is 0. The molecule has 1 N–H and O–H groups in total. The van der Waals surface area contributed by atoms with E-state index in [2.05, 4.69) is 5.32 Å². The molecule has 1 fully saturated rings. The van der Waals surface area contributed by atoms with E-state index in [1.807, 2.05) is 0 Å². The van der Waals surface area contributed by atoms with E-state index in [4.69, 9.17) is 4.74 Å². The maximum Gasteiger partial charge on any atom is 0.273 e. The van der Waals surface area contributed by atoms with Gasteiger partial charge in [0.15, 0.2) is 0 Å². The van der Waals surface area contributed by atoms with E-state index in [9.17, 15) is 23.3 Å². The van der Waals surface area contributed by atoms with E-state index < -0.39 is 26.9 Å². The maximum atomic E-state index is 12.5. The van der Waals surface area contributed by atoms with Crippen LogP contribution >= 0.6 is 0 Å². The van der Waals surface area contributed by atoms with Crippen molar-refractivity contribution in [3.8, 4) is 5.75 Å². The molecule has 0 saturated carbocycles. The van der Waals surface area contributed by atoms with Gasteiger partial charge < -0.3 is 10.1 Å². The van der Waals surface area contributed by atoms with Crippen LogP contribution in [0.25, 0.3) is 0 Å². The number of rotatable bonds is 5. The van der Waals surface area contributed by atoms with Gasteiger partial charge in [0.05, 0.1) is 30.0 Å². The minimum atomic E-state index is -3.49. The zero-order valence-electron chi connectivity index (χ0n) is 13.4. The van der Waals surface area contributed by atoms with Gasteiger partial charge in [0.1, 0.15) is 11.8 Å². The number of anilines is 1. The van der Waals surface area contributed by atoms with Gasteiger partial charge in [-0.05, 0) is 18.9 Å². The number of carbonyl (C=O) groups is 1. The smallest absolute Gasteiger partial charge is 0.273 e. The Bertz CT molecular complexity index is 749. The Morgan fingerprint density at radius 2 is 2.12 bits per heavy atom. The number of benzene rings is 1. The minimum absolute atomic E-state index is 0.138. The number of sulfonamides is 1. The molecule has 1 saturated heterocycles. The highest BCUT2D eigenvalue weighted by atomic mass is 32.2. The number of nitro benzene ring substituents is 1. The third kappa shape index (κ3) is 4.01. The number of nitro groups is 1. The van der Waals surface area contributed by atoms with Crippen LogP contribution in [0.2, 0.25) is 0 Å². The number of non-ortho nitro benzene ring substituents is 1. The number of carbonyl (C=O) groups excluding carboxylic acids is 1. The van der Waals surface area contributed by atoms with Crippen LogP contribution in [0.5, 0.6) is 5.75 Å². The van der Waals surface area contributed by atoms with Crippen molar-refractivity contribution >= 4 is 27.3 Å². The van der Waals surface area contributed by atoms with Gasteiger partial charge in [-0.2, -0.15) is 4.31 Å². The normalized spacial score (nSPS) is 18.8. The standard InChI is InChI=1S/C14H19N3O6S/c1-23-13-9-10(17(19)20)6-7-11(13)15-14(18)12-5-3-4-8-16(12)24(2,21)22/h6-7,9,12H,3-5,8H2,1-2H3,(H,15,18). The SMILES string of the molecule is COc1cc([N+](=O)[O-])ccc1NC(=O)C1CCCCN1S(C)(=O)=O. The summed E-state index contributed by atoms with van der Waals surface area (Å²) in [6.07, 6.45) is 2.96. The summed E-state index contributed by atoms with van der Waals surface area (Å²) < 4.78 is 29.9. The molecule has 9 nitrogen and oxygen atoms in total. The number of methoxy groups -OCH3 is 1. The second kappa shape index (κ2) is 7.14. The van der Waals surface area contributed by atoms with Crippen molar-refractivity contribution < 1.29 is 22.9 Å². The summed E-state index contributed by atoms with van der Waals surface area (Å²) in [5, 5.41) is 13.4. The Kier molecular flexibility index (Phi) is 5.40. The fraction of sp³-hybridized carbons (Fsp3) is 0.500. The Morgan fingerprint density at radius 3 is 2.71 bits per heavy atom. The molecule has 10 heteroatoms. The molecule has 0 aromatic heterocycles. The van der Waals surface area contributed by atoms with E-state index in [1.165, 1.54) is 29.6 Å². The first-order valence-corrected chi connectivity index (χ1v) is 9.19. The number of piperidine rings is 1. The summed E-state index contributed by atoms with van der Waals surface area (Å²) in [5.74, 6) is -0.341. The van der Waals surface area contributed by atoms with Gasteiger partial charge in [-0.3, -0.25) is 14.9 Å². The van der Waals surface area contributed by atoms with Gasteiger partial charge in [-0.1, -0.05) is 6.42 Å². The first-order chi connectivity index (χ1) is 11.2. The van der Waals surface area contributed by atoms with Crippen molar-refractivity contribution in [3.63, 3.8) is 0 Å².